The SMILES string of the molecule is S=C1N[C@H](c2ccccn2)[C@H](c2ccc(Sc3ccccc3)o2)N1c1ccccc1. The highest BCUT2D eigenvalue weighted by Gasteiger charge is 2.42. The molecular formula is C24H19N3OS2. The molecule has 4 aromatic rings. The smallest absolute Gasteiger partial charge is 0.174 e. The zero-order valence-electron chi connectivity index (χ0n) is 16.0. The van der Waals surface area contributed by atoms with Crippen LogP contribution in [-0.2, 0) is 0 Å². The Morgan fingerprint density at radius 1 is 0.867 bits per heavy atom. The molecule has 6 heteroatoms. The molecule has 0 bridgehead atoms. The third-order valence-corrected chi connectivity index (χ3v) is 6.23. The Morgan fingerprint density at radius 2 is 1.60 bits per heavy atom. The summed E-state index contributed by atoms with van der Waals surface area (Å²) >= 11 is 7.34. The molecule has 3 heterocycles. The summed E-state index contributed by atoms with van der Waals surface area (Å²) in [7, 11) is 0. The van der Waals surface area contributed by atoms with Gasteiger partial charge in [-0.25, -0.2) is 0 Å². The molecule has 2 atom stereocenters. The maximum atomic E-state index is 6.32. The van der Waals surface area contributed by atoms with Crippen LogP contribution in [0.3, 0.4) is 0 Å². The molecule has 148 valence electrons. The Balaban J connectivity index is 1.53. The van der Waals surface area contributed by atoms with Crippen molar-refractivity contribution >= 4 is 34.8 Å². The Labute approximate surface area is 184 Å². The van der Waals surface area contributed by atoms with Gasteiger partial charge in [-0.15, -0.1) is 0 Å². The van der Waals surface area contributed by atoms with Crippen molar-refractivity contribution in [3.8, 4) is 0 Å². The average molecular weight is 430 g/mol. The number of nitrogens with zero attached hydrogens (tertiary/aromatic N) is 2. The number of aromatic nitrogens is 1. The number of thiocarbonyl (C=S) groups is 1. The van der Waals surface area contributed by atoms with E-state index in [1.807, 2.05) is 66.7 Å². The monoisotopic (exact) mass is 429 g/mol. The number of furan rings is 1. The summed E-state index contributed by atoms with van der Waals surface area (Å²) in [6.07, 6.45) is 1.81. The van der Waals surface area contributed by atoms with E-state index in [1.54, 1.807) is 18.0 Å². The fraction of sp³-hybridized carbons (Fsp3) is 0.0833. The number of pyridine rings is 1. The van der Waals surface area contributed by atoms with Crippen LogP contribution in [-0.4, -0.2) is 10.1 Å². The summed E-state index contributed by atoms with van der Waals surface area (Å²) in [6.45, 7) is 0. The van der Waals surface area contributed by atoms with E-state index in [0.717, 1.165) is 27.1 Å². The molecule has 0 unspecified atom stereocenters. The number of rotatable bonds is 5. The molecule has 1 aliphatic heterocycles. The molecule has 0 spiro atoms. The number of nitrogens with one attached hydrogen (secondary N) is 1. The minimum atomic E-state index is -0.139. The Hall–Kier alpha value is -3.09. The molecule has 0 saturated carbocycles. The van der Waals surface area contributed by atoms with E-state index in [-0.39, 0.29) is 12.1 Å². The first-order valence-electron chi connectivity index (χ1n) is 9.68. The van der Waals surface area contributed by atoms with Crippen molar-refractivity contribution in [2.24, 2.45) is 0 Å². The van der Waals surface area contributed by atoms with E-state index in [0.29, 0.717) is 5.11 Å². The van der Waals surface area contributed by atoms with E-state index < -0.39 is 0 Å². The van der Waals surface area contributed by atoms with Gasteiger partial charge in [-0.1, -0.05) is 54.2 Å². The summed E-state index contributed by atoms with van der Waals surface area (Å²) in [5, 5.41) is 4.97. The van der Waals surface area contributed by atoms with Gasteiger partial charge in [0.15, 0.2) is 10.2 Å². The summed E-state index contributed by atoms with van der Waals surface area (Å²) in [6, 6.07) is 30.1. The summed E-state index contributed by atoms with van der Waals surface area (Å²) in [5.41, 5.74) is 1.95. The van der Waals surface area contributed by atoms with Crippen LogP contribution in [0.2, 0.25) is 0 Å². The Morgan fingerprint density at radius 3 is 2.33 bits per heavy atom. The van der Waals surface area contributed by atoms with Gasteiger partial charge in [0.1, 0.15) is 11.8 Å². The number of hydrogen-bond acceptors (Lipinski definition) is 4. The van der Waals surface area contributed by atoms with Gasteiger partial charge < -0.3 is 14.6 Å². The van der Waals surface area contributed by atoms with Crippen molar-refractivity contribution in [2.45, 2.75) is 22.1 Å². The first kappa shape index (κ1) is 18.9. The van der Waals surface area contributed by atoms with Gasteiger partial charge >= 0.3 is 0 Å². The zero-order valence-corrected chi connectivity index (χ0v) is 17.6. The minimum absolute atomic E-state index is 0.111. The van der Waals surface area contributed by atoms with Crippen molar-refractivity contribution < 1.29 is 4.42 Å². The van der Waals surface area contributed by atoms with E-state index in [2.05, 4.69) is 39.5 Å². The maximum absolute atomic E-state index is 6.32. The first-order chi connectivity index (χ1) is 14.8. The largest absolute Gasteiger partial charge is 0.452 e. The van der Waals surface area contributed by atoms with Gasteiger partial charge in [0.25, 0.3) is 0 Å². The van der Waals surface area contributed by atoms with Crippen LogP contribution >= 0.6 is 24.0 Å². The highest BCUT2D eigenvalue weighted by Crippen LogP contribution is 2.43. The normalized spacial score (nSPS) is 18.4. The predicted molar refractivity (Wildman–Crippen MR) is 124 cm³/mol. The van der Waals surface area contributed by atoms with E-state index in [9.17, 15) is 0 Å². The second-order valence-corrected chi connectivity index (χ2v) is 8.37. The number of hydrogen-bond donors (Lipinski definition) is 1. The van der Waals surface area contributed by atoms with Crippen LogP contribution in [0.25, 0.3) is 0 Å². The van der Waals surface area contributed by atoms with Gasteiger partial charge in [0, 0.05) is 16.8 Å². The number of anilines is 1. The van der Waals surface area contributed by atoms with Crippen LogP contribution in [0.1, 0.15) is 23.5 Å². The quantitative estimate of drug-likeness (QED) is 0.392. The van der Waals surface area contributed by atoms with Crippen LogP contribution in [0.5, 0.6) is 0 Å². The van der Waals surface area contributed by atoms with Crippen molar-refractivity contribution in [3.05, 3.63) is 109 Å². The predicted octanol–water partition coefficient (Wildman–Crippen LogP) is 6.00. The van der Waals surface area contributed by atoms with Gasteiger partial charge in [-0.3, -0.25) is 4.98 Å². The van der Waals surface area contributed by atoms with Crippen LogP contribution < -0.4 is 10.2 Å². The van der Waals surface area contributed by atoms with Crippen molar-refractivity contribution in [1.82, 2.24) is 10.3 Å². The average Bonchev–Trinajstić information content (AvgIpc) is 3.39. The fourth-order valence-electron chi connectivity index (χ4n) is 3.66. The summed E-state index contributed by atoms with van der Waals surface area (Å²) in [4.78, 5) is 7.83. The van der Waals surface area contributed by atoms with Crippen molar-refractivity contribution in [3.63, 3.8) is 0 Å². The highest BCUT2D eigenvalue weighted by atomic mass is 32.2. The van der Waals surface area contributed by atoms with Crippen LogP contribution in [0.15, 0.2) is 112 Å². The van der Waals surface area contributed by atoms with Crippen molar-refractivity contribution in [2.75, 3.05) is 4.90 Å². The third kappa shape index (κ3) is 3.72. The molecule has 2 aromatic heterocycles. The summed E-state index contributed by atoms with van der Waals surface area (Å²) < 4.78 is 6.32. The lowest BCUT2D eigenvalue weighted by Gasteiger charge is -2.26. The molecule has 0 aliphatic carbocycles. The lowest BCUT2D eigenvalue weighted by Crippen LogP contribution is -2.29. The molecule has 1 fully saturated rings. The van der Waals surface area contributed by atoms with Crippen LogP contribution in [0, 0.1) is 0 Å². The molecule has 1 saturated heterocycles. The first-order valence-corrected chi connectivity index (χ1v) is 10.9. The maximum Gasteiger partial charge on any atom is 0.174 e. The molecule has 4 nitrogen and oxygen atoms in total. The van der Waals surface area contributed by atoms with Gasteiger partial charge in [0.05, 0.1) is 11.7 Å². The molecular weight excluding hydrogens is 410 g/mol. The molecule has 30 heavy (non-hydrogen) atoms. The Kier molecular flexibility index (Phi) is 5.26. The molecule has 1 aliphatic rings. The van der Waals surface area contributed by atoms with Gasteiger partial charge in [-0.05, 0) is 60.7 Å². The highest BCUT2D eigenvalue weighted by molar-refractivity contribution is 7.99. The number of benzene rings is 2. The third-order valence-electron chi connectivity index (χ3n) is 4.99. The van der Waals surface area contributed by atoms with Crippen LogP contribution in [0.4, 0.5) is 5.69 Å². The topological polar surface area (TPSA) is 41.3 Å². The lowest BCUT2D eigenvalue weighted by molar-refractivity contribution is 0.383. The summed E-state index contributed by atoms with van der Waals surface area (Å²) in [5.74, 6) is 0.847. The lowest BCUT2D eigenvalue weighted by atomic mass is 10.0. The zero-order chi connectivity index (χ0) is 20.3. The number of para-hydroxylation sites is 1. The molecule has 2 aromatic carbocycles. The fourth-order valence-corrected chi connectivity index (χ4v) is 4.81. The van der Waals surface area contributed by atoms with Gasteiger partial charge in [0.2, 0.25) is 0 Å². The minimum Gasteiger partial charge on any atom is -0.452 e. The van der Waals surface area contributed by atoms with E-state index in [1.165, 1.54) is 0 Å². The van der Waals surface area contributed by atoms with Crippen molar-refractivity contribution in [1.29, 1.82) is 0 Å². The van der Waals surface area contributed by atoms with Gasteiger partial charge in [-0.2, -0.15) is 0 Å². The second kappa shape index (κ2) is 8.34. The van der Waals surface area contributed by atoms with E-state index in [4.69, 9.17) is 16.6 Å². The molecule has 0 amide bonds. The van der Waals surface area contributed by atoms with E-state index >= 15 is 0 Å². The molecule has 5 rings (SSSR count). The molecule has 1 N–H and O–H groups in total. The second-order valence-electron chi connectivity index (χ2n) is 6.90. The standard InChI is InChI=1S/C24H19N3OS2/c29-24-26-22(19-13-7-8-16-25-19)23(27(24)17-9-3-1-4-10-17)20-14-15-21(28-20)30-18-11-5-2-6-12-18/h1-16,22-23H,(H,26,29)/t22-,23+/m1/s1. The molecule has 0 radical (unpaired) electrons. The Bertz CT molecular complexity index is 1130.